The van der Waals surface area contributed by atoms with Gasteiger partial charge < -0.3 is 19.5 Å². The van der Waals surface area contributed by atoms with Crippen LogP contribution in [0.25, 0.3) is 10.8 Å². The van der Waals surface area contributed by atoms with E-state index in [0.717, 1.165) is 4.68 Å². The lowest BCUT2D eigenvalue weighted by Gasteiger charge is -2.19. The van der Waals surface area contributed by atoms with Crippen molar-refractivity contribution >= 4 is 28.3 Å². The first-order chi connectivity index (χ1) is 14.0. The van der Waals surface area contributed by atoms with Gasteiger partial charge in [-0.1, -0.05) is 18.2 Å². The van der Waals surface area contributed by atoms with Crippen LogP contribution in [0.1, 0.15) is 10.5 Å². The summed E-state index contributed by atoms with van der Waals surface area (Å²) >= 11 is 0. The van der Waals surface area contributed by atoms with E-state index in [-0.39, 0.29) is 11.3 Å². The Bertz CT molecular complexity index is 1170. The maximum atomic E-state index is 12.5. The van der Waals surface area contributed by atoms with Crippen LogP contribution in [0.4, 0.5) is 5.69 Å². The molecule has 1 N–H and O–H groups in total. The van der Waals surface area contributed by atoms with E-state index in [4.69, 9.17) is 14.2 Å². The summed E-state index contributed by atoms with van der Waals surface area (Å²) in [5.74, 6) is -0.182. The zero-order valence-corrected chi connectivity index (χ0v) is 15.5. The Hall–Kier alpha value is -3.88. The molecule has 2 aromatic carbocycles. The molecule has 0 fully saturated rings. The summed E-state index contributed by atoms with van der Waals surface area (Å²) in [6.07, 6.45) is 0. The quantitative estimate of drug-likeness (QED) is 0.667. The van der Waals surface area contributed by atoms with Gasteiger partial charge in [0.05, 0.1) is 5.39 Å². The number of nitrogens with one attached hydrogen (secondary N) is 1. The second-order valence-electron chi connectivity index (χ2n) is 6.31. The van der Waals surface area contributed by atoms with Crippen molar-refractivity contribution in [2.45, 2.75) is 0 Å². The van der Waals surface area contributed by atoms with Gasteiger partial charge >= 0.3 is 5.97 Å². The highest BCUT2D eigenvalue weighted by Gasteiger charge is 2.18. The number of anilines is 1. The minimum absolute atomic E-state index is 0.0326. The van der Waals surface area contributed by atoms with Crippen molar-refractivity contribution in [3.8, 4) is 11.5 Å². The van der Waals surface area contributed by atoms with E-state index in [0.29, 0.717) is 41.2 Å². The van der Waals surface area contributed by atoms with Gasteiger partial charge in [0.15, 0.2) is 23.8 Å². The van der Waals surface area contributed by atoms with Crippen molar-refractivity contribution in [3.63, 3.8) is 0 Å². The van der Waals surface area contributed by atoms with Crippen molar-refractivity contribution < 1.29 is 23.8 Å². The Morgan fingerprint density at radius 3 is 2.62 bits per heavy atom. The molecule has 0 spiro atoms. The Labute approximate surface area is 164 Å². The number of esters is 1. The van der Waals surface area contributed by atoms with E-state index in [2.05, 4.69) is 10.4 Å². The van der Waals surface area contributed by atoms with Crippen LogP contribution in [-0.4, -0.2) is 41.5 Å². The lowest BCUT2D eigenvalue weighted by atomic mass is 10.1. The van der Waals surface area contributed by atoms with Gasteiger partial charge in [-0.3, -0.25) is 9.59 Å². The van der Waals surface area contributed by atoms with Crippen LogP contribution in [0, 0.1) is 0 Å². The van der Waals surface area contributed by atoms with Crippen LogP contribution >= 0.6 is 0 Å². The molecule has 4 rings (SSSR count). The SMILES string of the molecule is Cn1nc(C(=O)OCC(=O)Nc2ccc3c(c2)OCCO3)c2ccccc2c1=O. The molecular weight excluding hydrogens is 378 g/mol. The molecule has 0 unspecified atom stereocenters. The van der Waals surface area contributed by atoms with Crippen molar-refractivity contribution in [3.05, 3.63) is 58.5 Å². The zero-order chi connectivity index (χ0) is 20.4. The first-order valence-electron chi connectivity index (χ1n) is 8.85. The molecule has 148 valence electrons. The summed E-state index contributed by atoms with van der Waals surface area (Å²) in [6, 6.07) is 11.6. The predicted octanol–water partition coefficient (Wildman–Crippen LogP) is 1.50. The molecule has 0 saturated carbocycles. The first-order valence-corrected chi connectivity index (χ1v) is 8.85. The van der Waals surface area contributed by atoms with Crippen LogP contribution in [0.3, 0.4) is 0 Å². The molecule has 3 aromatic rings. The summed E-state index contributed by atoms with van der Waals surface area (Å²) in [4.78, 5) is 36.8. The van der Waals surface area contributed by atoms with Crippen molar-refractivity contribution in [2.75, 3.05) is 25.1 Å². The maximum absolute atomic E-state index is 12.5. The summed E-state index contributed by atoms with van der Waals surface area (Å²) in [5.41, 5.74) is 0.129. The number of nitrogens with zero attached hydrogens (tertiary/aromatic N) is 2. The lowest BCUT2D eigenvalue weighted by Crippen LogP contribution is -2.26. The third-order valence-electron chi connectivity index (χ3n) is 4.31. The van der Waals surface area contributed by atoms with Gasteiger partial charge in [-0.15, -0.1) is 0 Å². The molecule has 1 aliphatic heterocycles. The molecule has 1 aromatic heterocycles. The highest BCUT2D eigenvalue weighted by molar-refractivity contribution is 6.03. The van der Waals surface area contributed by atoms with Crippen LogP contribution in [0.5, 0.6) is 11.5 Å². The van der Waals surface area contributed by atoms with E-state index in [1.165, 1.54) is 7.05 Å². The molecule has 9 heteroatoms. The van der Waals surface area contributed by atoms with E-state index in [1.807, 2.05) is 0 Å². The third kappa shape index (κ3) is 3.75. The van der Waals surface area contributed by atoms with Crippen LogP contribution in [0.2, 0.25) is 0 Å². The summed E-state index contributed by atoms with van der Waals surface area (Å²) in [6.45, 7) is 0.400. The fourth-order valence-electron chi connectivity index (χ4n) is 2.97. The topological polar surface area (TPSA) is 109 Å². The van der Waals surface area contributed by atoms with Gasteiger partial charge in [-0.05, 0) is 18.2 Å². The number of benzene rings is 2. The molecular formula is C20H17N3O6. The fourth-order valence-corrected chi connectivity index (χ4v) is 2.97. The zero-order valence-electron chi connectivity index (χ0n) is 15.5. The van der Waals surface area contributed by atoms with Gasteiger partial charge in [0, 0.05) is 24.2 Å². The molecule has 1 aliphatic rings. The van der Waals surface area contributed by atoms with Crippen molar-refractivity contribution in [2.24, 2.45) is 7.05 Å². The molecule has 2 heterocycles. The Kier molecular flexibility index (Phi) is 4.86. The number of carbonyl (C=O) groups excluding carboxylic acids is 2. The summed E-state index contributed by atoms with van der Waals surface area (Å²) < 4.78 is 17.0. The first kappa shape index (κ1) is 18.5. The summed E-state index contributed by atoms with van der Waals surface area (Å²) in [7, 11) is 1.44. The van der Waals surface area contributed by atoms with Gasteiger partial charge in [-0.25, -0.2) is 9.48 Å². The number of amides is 1. The molecule has 0 saturated heterocycles. The minimum atomic E-state index is -0.797. The lowest BCUT2D eigenvalue weighted by molar-refractivity contribution is -0.119. The maximum Gasteiger partial charge on any atom is 0.359 e. The number of ether oxygens (including phenoxy) is 3. The largest absolute Gasteiger partial charge is 0.486 e. The van der Waals surface area contributed by atoms with Gasteiger partial charge in [0.2, 0.25) is 0 Å². The molecule has 0 aliphatic carbocycles. The normalized spacial score (nSPS) is 12.4. The van der Waals surface area contributed by atoms with E-state index in [9.17, 15) is 14.4 Å². The summed E-state index contributed by atoms with van der Waals surface area (Å²) in [5, 5.41) is 7.32. The highest BCUT2D eigenvalue weighted by Crippen LogP contribution is 2.32. The van der Waals surface area contributed by atoms with Gasteiger partial charge in [0.25, 0.3) is 11.5 Å². The molecule has 1 amide bonds. The number of hydrogen-bond acceptors (Lipinski definition) is 7. The smallest absolute Gasteiger partial charge is 0.359 e. The fraction of sp³-hybridized carbons (Fsp3) is 0.200. The number of fused-ring (bicyclic) bond motifs is 2. The van der Waals surface area contributed by atoms with Crippen LogP contribution in [-0.2, 0) is 16.6 Å². The second-order valence-corrected chi connectivity index (χ2v) is 6.31. The average molecular weight is 395 g/mol. The van der Waals surface area contributed by atoms with Crippen LogP contribution < -0.4 is 20.3 Å². The van der Waals surface area contributed by atoms with Crippen molar-refractivity contribution in [1.82, 2.24) is 9.78 Å². The minimum Gasteiger partial charge on any atom is -0.486 e. The average Bonchev–Trinajstić information content (AvgIpc) is 2.74. The van der Waals surface area contributed by atoms with Crippen molar-refractivity contribution in [1.29, 1.82) is 0 Å². The molecule has 29 heavy (non-hydrogen) atoms. The number of carbonyl (C=O) groups is 2. The van der Waals surface area contributed by atoms with E-state index in [1.54, 1.807) is 42.5 Å². The van der Waals surface area contributed by atoms with Gasteiger partial charge in [0.1, 0.15) is 13.2 Å². The Morgan fingerprint density at radius 1 is 1.10 bits per heavy atom. The Balaban J connectivity index is 1.45. The number of aromatic nitrogens is 2. The van der Waals surface area contributed by atoms with Crippen LogP contribution in [0.15, 0.2) is 47.3 Å². The predicted molar refractivity (Wildman–Crippen MR) is 103 cm³/mol. The molecule has 0 radical (unpaired) electrons. The number of rotatable bonds is 4. The second kappa shape index (κ2) is 7.63. The number of aryl methyl sites for hydroxylation is 1. The molecule has 0 bridgehead atoms. The number of hydrogen-bond donors (Lipinski definition) is 1. The molecule has 9 nitrogen and oxygen atoms in total. The standard InChI is InChI=1S/C20H17N3O6/c1-23-19(25)14-5-3-2-4-13(14)18(22-23)20(26)29-11-17(24)21-12-6-7-15-16(10-12)28-9-8-27-15/h2-7,10H,8-9,11H2,1H3,(H,21,24). The van der Waals surface area contributed by atoms with Gasteiger partial charge in [-0.2, -0.15) is 5.10 Å². The Morgan fingerprint density at radius 2 is 1.83 bits per heavy atom. The third-order valence-corrected chi connectivity index (χ3v) is 4.31. The monoisotopic (exact) mass is 395 g/mol. The highest BCUT2D eigenvalue weighted by atomic mass is 16.6. The van der Waals surface area contributed by atoms with E-state index >= 15 is 0 Å². The van der Waals surface area contributed by atoms with E-state index < -0.39 is 18.5 Å². The molecule has 0 atom stereocenters.